The number of aromatic amines is 2. The van der Waals surface area contributed by atoms with Crippen molar-refractivity contribution in [1.29, 1.82) is 0 Å². The average molecular weight is 316 g/mol. The van der Waals surface area contributed by atoms with E-state index in [4.69, 9.17) is 0 Å². The van der Waals surface area contributed by atoms with E-state index in [-0.39, 0.29) is 11.8 Å². The molecule has 0 radical (unpaired) electrons. The van der Waals surface area contributed by atoms with Crippen molar-refractivity contribution < 1.29 is 4.79 Å². The van der Waals surface area contributed by atoms with Gasteiger partial charge in [0.05, 0.1) is 5.52 Å². The maximum atomic E-state index is 11.9. The van der Waals surface area contributed by atoms with Crippen LogP contribution in [0.2, 0.25) is 0 Å². The molecule has 3 N–H and O–H groups in total. The minimum atomic E-state index is 0.0744. The molecule has 2 aromatic carbocycles. The van der Waals surface area contributed by atoms with Gasteiger partial charge in [0.2, 0.25) is 5.91 Å². The van der Waals surface area contributed by atoms with E-state index in [0.29, 0.717) is 5.82 Å². The van der Waals surface area contributed by atoms with Gasteiger partial charge in [0, 0.05) is 23.0 Å². The molecule has 4 aromatic rings. The Labute approximate surface area is 138 Å². The van der Waals surface area contributed by atoms with Crippen molar-refractivity contribution in [3.05, 3.63) is 48.7 Å². The number of carbonyl (C=O) groups is 1. The quantitative estimate of drug-likeness (QED) is 0.533. The van der Waals surface area contributed by atoms with Crippen LogP contribution >= 0.6 is 0 Å². The van der Waals surface area contributed by atoms with Crippen LogP contribution in [0.3, 0.4) is 0 Å². The Balaban J connectivity index is 1.52. The number of benzene rings is 2. The summed E-state index contributed by atoms with van der Waals surface area (Å²) in [5, 5.41) is 12.3. The topological polar surface area (TPSA) is 73.6 Å². The Kier molecular flexibility index (Phi) is 2.76. The largest absolute Gasteiger partial charge is 0.361 e. The van der Waals surface area contributed by atoms with Crippen LogP contribution in [0.1, 0.15) is 12.8 Å². The van der Waals surface area contributed by atoms with E-state index in [2.05, 4.69) is 56.9 Å². The summed E-state index contributed by atoms with van der Waals surface area (Å²) >= 11 is 0. The summed E-state index contributed by atoms with van der Waals surface area (Å²) in [4.78, 5) is 15.1. The molecule has 118 valence electrons. The monoisotopic (exact) mass is 316 g/mol. The van der Waals surface area contributed by atoms with Crippen molar-refractivity contribution in [3.8, 4) is 11.1 Å². The minimum absolute atomic E-state index is 0.0744. The van der Waals surface area contributed by atoms with Gasteiger partial charge in [-0.2, -0.15) is 5.10 Å². The van der Waals surface area contributed by atoms with E-state index >= 15 is 0 Å². The fraction of sp³-hybridized carbons (Fsp3) is 0.158. The van der Waals surface area contributed by atoms with Crippen LogP contribution < -0.4 is 5.32 Å². The van der Waals surface area contributed by atoms with Crippen LogP contribution in [0.25, 0.3) is 32.9 Å². The summed E-state index contributed by atoms with van der Waals surface area (Å²) in [6, 6.07) is 14.6. The molecule has 1 fully saturated rings. The van der Waals surface area contributed by atoms with Gasteiger partial charge in [0.25, 0.3) is 0 Å². The van der Waals surface area contributed by atoms with Crippen LogP contribution in [0.5, 0.6) is 0 Å². The van der Waals surface area contributed by atoms with Gasteiger partial charge in [-0.1, -0.05) is 12.1 Å². The molecule has 1 aliphatic carbocycles. The van der Waals surface area contributed by atoms with Crippen LogP contribution in [-0.2, 0) is 4.79 Å². The first-order valence-corrected chi connectivity index (χ1v) is 8.14. The van der Waals surface area contributed by atoms with E-state index in [1.54, 1.807) is 0 Å². The highest BCUT2D eigenvalue weighted by Gasteiger charge is 2.30. The van der Waals surface area contributed by atoms with Crippen LogP contribution in [0.4, 0.5) is 5.82 Å². The lowest BCUT2D eigenvalue weighted by atomic mass is 10.0. The molecule has 0 saturated heterocycles. The standard InChI is InChI=1S/C19H16N4O/c24-19(11-1-2-11)21-18-15-5-3-13(10-17(15)22-23-18)12-4-6-16-14(9-12)7-8-20-16/h3-11,20H,1-2H2,(H2,21,22,23,24). The van der Waals surface area contributed by atoms with E-state index in [1.807, 2.05) is 12.3 Å². The van der Waals surface area contributed by atoms with Crippen molar-refractivity contribution in [2.45, 2.75) is 12.8 Å². The van der Waals surface area contributed by atoms with E-state index in [9.17, 15) is 4.79 Å². The third-order valence-corrected chi connectivity index (χ3v) is 4.64. The lowest BCUT2D eigenvalue weighted by molar-refractivity contribution is -0.117. The van der Waals surface area contributed by atoms with Crippen LogP contribution in [0.15, 0.2) is 48.7 Å². The van der Waals surface area contributed by atoms with Gasteiger partial charge < -0.3 is 10.3 Å². The molecule has 0 aliphatic heterocycles. The normalized spacial score (nSPS) is 14.3. The van der Waals surface area contributed by atoms with Gasteiger partial charge in [0.1, 0.15) is 0 Å². The number of anilines is 1. The lowest BCUT2D eigenvalue weighted by Crippen LogP contribution is -2.13. The second-order valence-electron chi connectivity index (χ2n) is 6.38. The zero-order valence-electron chi connectivity index (χ0n) is 13.0. The van der Waals surface area contributed by atoms with Crippen molar-refractivity contribution in [2.24, 2.45) is 5.92 Å². The number of fused-ring (bicyclic) bond motifs is 2. The molecular formula is C19H16N4O. The van der Waals surface area contributed by atoms with E-state index in [0.717, 1.165) is 40.4 Å². The number of rotatable bonds is 3. The van der Waals surface area contributed by atoms with Crippen molar-refractivity contribution in [2.75, 3.05) is 5.32 Å². The van der Waals surface area contributed by atoms with Gasteiger partial charge in [-0.25, -0.2) is 0 Å². The molecule has 24 heavy (non-hydrogen) atoms. The number of nitrogens with zero attached hydrogens (tertiary/aromatic N) is 1. The first kappa shape index (κ1) is 13.4. The molecule has 1 amide bonds. The van der Waals surface area contributed by atoms with Crippen molar-refractivity contribution in [3.63, 3.8) is 0 Å². The molecule has 0 unspecified atom stereocenters. The molecular weight excluding hydrogens is 300 g/mol. The van der Waals surface area contributed by atoms with Gasteiger partial charge in [-0.15, -0.1) is 0 Å². The second-order valence-corrected chi connectivity index (χ2v) is 6.38. The number of aromatic nitrogens is 3. The van der Waals surface area contributed by atoms with Crippen molar-refractivity contribution in [1.82, 2.24) is 15.2 Å². The Morgan fingerprint density at radius 1 is 1.04 bits per heavy atom. The number of amides is 1. The zero-order valence-corrected chi connectivity index (χ0v) is 13.0. The Morgan fingerprint density at radius 3 is 2.75 bits per heavy atom. The number of hydrogen-bond acceptors (Lipinski definition) is 2. The first-order valence-electron chi connectivity index (χ1n) is 8.14. The summed E-state index contributed by atoms with van der Waals surface area (Å²) < 4.78 is 0. The minimum Gasteiger partial charge on any atom is -0.361 e. The number of H-pyrrole nitrogens is 2. The molecule has 0 bridgehead atoms. The molecule has 5 heteroatoms. The summed E-state index contributed by atoms with van der Waals surface area (Å²) in [5.41, 5.74) is 4.33. The highest BCUT2D eigenvalue weighted by molar-refractivity contribution is 6.02. The van der Waals surface area contributed by atoms with Crippen LogP contribution in [0, 0.1) is 5.92 Å². The molecule has 5 nitrogen and oxygen atoms in total. The first-order chi connectivity index (χ1) is 11.8. The molecule has 5 rings (SSSR count). The number of carbonyl (C=O) groups excluding carboxylic acids is 1. The molecule has 1 aliphatic rings. The summed E-state index contributed by atoms with van der Waals surface area (Å²) in [6.45, 7) is 0. The zero-order chi connectivity index (χ0) is 16.1. The number of nitrogens with one attached hydrogen (secondary N) is 3. The van der Waals surface area contributed by atoms with Crippen LogP contribution in [-0.4, -0.2) is 21.1 Å². The van der Waals surface area contributed by atoms with Gasteiger partial charge >= 0.3 is 0 Å². The molecule has 2 heterocycles. The molecule has 0 atom stereocenters. The van der Waals surface area contributed by atoms with E-state index < -0.39 is 0 Å². The molecule has 0 spiro atoms. The second kappa shape index (κ2) is 4.96. The highest BCUT2D eigenvalue weighted by atomic mass is 16.2. The highest BCUT2D eigenvalue weighted by Crippen LogP contribution is 2.32. The third kappa shape index (κ3) is 2.17. The SMILES string of the molecule is O=C(Nc1n[nH]c2cc(-c3ccc4[nH]ccc4c3)ccc12)C1CC1. The fourth-order valence-corrected chi connectivity index (χ4v) is 3.09. The summed E-state index contributed by atoms with van der Waals surface area (Å²) in [6.07, 6.45) is 3.92. The van der Waals surface area contributed by atoms with Gasteiger partial charge in [0.15, 0.2) is 5.82 Å². The number of hydrogen-bond donors (Lipinski definition) is 3. The Morgan fingerprint density at radius 2 is 1.88 bits per heavy atom. The smallest absolute Gasteiger partial charge is 0.228 e. The maximum absolute atomic E-state index is 11.9. The molecule has 2 aromatic heterocycles. The predicted octanol–water partition coefficient (Wildman–Crippen LogP) is 4.06. The molecule has 1 saturated carbocycles. The Hall–Kier alpha value is -3.08. The van der Waals surface area contributed by atoms with Gasteiger partial charge in [-0.3, -0.25) is 9.89 Å². The summed E-state index contributed by atoms with van der Waals surface area (Å²) in [7, 11) is 0. The average Bonchev–Trinajstić information content (AvgIpc) is 3.23. The van der Waals surface area contributed by atoms with Gasteiger partial charge in [-0.05, 0) is 59.7 Å². The maximum Gasteiger partial charge on any atom is 0.228 e. The van der Waals surface area contributed by atoms with Crippen molar-refractivity contribution >= 4 is 33.5 Å². The predicted molar refractivity (Wildman–Crippen MR) is 94.7 cm³/mol. The van der Waals surface area contributed by atoms with E-state index in [1.165, 1.54) is 5.39 Å². The Bertz CT molecular complexity index is 1070. The summed E-state index contributed by atoms with van der Waals surface area (Å²) in [5.74, 6) is 0.865. The fourth-order valence-electron chi connectivity index (χ4n) is 3.09. The lowest BCUT2D eigenvalue weighted by Gasteiger charge is -2.04. The third-order valence-electron chi connectivity index (χ3n) is 4.64.